The molecule has 0 aliphatic rings. The van der Waals surface area contributed by atoms with E-state index in [9.17, 15) is 0 Å². The van der Waals surface area contributed by atoms with Crippen LogP contribution in [0.25, 0.3) is 0 Å². The van der Waals surface area contributed by atoms with Crippen molar-refractivity contribution in [2.24, 2.45) is 5.92 Å². The molecule has 1 unspecified atom stereocenters. The largest absolute Gasteiger partial charge is 0.397 e. The normalized spacial score (nSPS) is 12.8. The van der Waals surface area contributed by atoms with Crippen molar-refractivity contribution in [2.45, 2.75) is 39.7 Å². The first-order valence-corrected chi connectivity index (χ1v) is 6.00. The van der Waals surface area contributed by atoms with E-state index in [1.807, 2.05) is 18.2 Å². The molecule has 90 valence electrons. The van der Waals surface area contributed by atoms with Crippen molar-refractivity contribution in [2.75, 3.05) is 16.8 Å². The van der Waals surface area contributed by atoms with E-state index in [-0.39, 0.29) is 0 Å². The second kappa shape index (κ2) is 5.64. The maximum atomic E-state index is 5.77. The number of nitrogens with one attached hydrogen (secondary N) is 1. The lowest BCUT2D eigenvalue weighted by molar-refractivity contribution is 0.438. The van der Waals surface area contributed by atoms with Crippen molar-refractivity contribution in [3.05, 3.63) is 18.2 Å². The summed E-state index contributed by atoms with van der Waals surface area (Å²) in [5, 5.41) is 3.48. The summed E-state index contributed by atoms with van der Waals surface area (Å²) in [6.45, 7) is 6.66. The Labute approximate surface area is 98.2 Å². The predicted octanol–water partition coefficient (Wildman–Crippen LogP) is 3.09. The molecule has 0 radical (unpaired) electrons. The molecule has 1 rings (SSSR count). The zero-order valence-corrected chi connectivity index (χ0v) is 10.5. The molecule has 3 heteroatoms. The Bertz CT molecular complexity index is 332. The van der Waals surface area contributed by atoms with Gasteiger partial charge in [-0.05, 0) is 31.0 Å². The summed E-state index contributed by atoms with van der Waals surface area (Å²) in [5.41, 5.74) is 13.8. The third-order valence-corrected chi connectivity index (χ3v) is 3.24. The van der Waals surface area contributed by atoms with Gasteiger partial charge in [0.2, 0.25) is 0 Å². The number of nitrogen functional groups attached to an aromatic ring is 2. The molecule has 0 heterocycles. The van der Waals surface area contributed by atoms with Crippen LogP contribution in [0.15, 0.2) is 18.2 Å². The van der Waals surface area contributed by atoms with Crippen molar-refractivity contribution in [1.29, 1.82) is 0 Å². The van der Waals surface area contributed by atoms with Gasteiger partial charge in [-0.25, -0.2) is 0 Å². The smallest absolute Gasteiger partial charge is 0.0568 e. The lowest BCUT2D eigenvalue weighted by Gasteiger charge is -2.23. The van der Waals surface area contributed by atoms with Gasteiger partial charge in [0.25, 0.3) is 0 Å². The summed E-state index contributed by atoms with van der Waals surface area (Å²) in [6, 6.07) is 6.17. The lowest BCUT2D eigenvalue weighted by Crippen LogP contribution is -2.25. The Morgan fingerprint density at radius 2 is 1.75 bits per heavy atom. The third kappa shape index (κ3) is 3.05. The molecule has 16 heavy (non-hydrogen) atoms. The Hall–Kier alpha value is -1.38. The van der Waals surface area contributed by atoms with Crippen LogP contribution in [0.3, 0.4) is 0 Å². The first-order valence-electron chi connectivity index (χ1n) is 6.00. The van der Waals surface area contributed by atoms with E-state index >= 15 is 0 Å². The minimum Gasteiger partial charge on any atom is -0.397 e. The quantitative estimate of drug-likeness (QED) is 0.669. The summed E-state index contributed by atoms with van der Waals surface area (Å²) in [5.74, 6) is 0.693. The van der Waals surface area contributed by atoms with Gasteiger partial charge in [-0.1, -0.05) is 26.7 Å². The van der Waals surface area contributed by atoms with Crippen LogP contribution >= 0.6 is 0 Å². The predicted molar refractivity (Wildman–Crippen MR) is 72.4 cm³/mol. The molecule has 0 amide bonds. The number of anilines is 3. The molecule has 1 aromatic rings. The molecule has 3 nitrogen and oxygen atoms in total. The minimum absolute atomic E-state index is 0.457. The van der Waals surface area contributed by atoms with E-state index in [1.54, 1.807) is 0 Å². The second-order valence-corrected chi connectivity index (χ2v) is 4.35. The zero-order chi connectivity index (χ0) is 12.1. The molecule has 0 aromatic heterocycles. The zero-order valence-electron chi connectivity index (χ0n) is 10.5. The molecule has 5 N–H and O–H groups in total. The van der Waals surface area contributed by atoms with Gasteiger partial charge < -0.3 is 16.8 Å². The first kappa shape index (κ1) is 12.7. The van der Waals surface area contributed by atoms with Gasteiger partial charge in [0.15, 0.2) is 0 Å². The van der Waals surface area contributed by atoms with E-state index < -0.39 is 0 Å². The fraction of sp³-hybridized carbons (Fsp3) is 0.538. The standard InChI is InChI=1S/C13H23N3/c1-4-10(5-2)9(3)16-11-6-7-12(14)13(15)8-11/h6-10,16H,4-5,14-15H2,1-3H3. The molecule has 0 aliphatic carbocycles. The number of rotatable bonds is 5. The first-order chi connectivity index (χ1) is 7.58. The van der Waals surface area contributed by atoms with E-state index in [0.29, 0.717) is 23.3 Å². The average Bonchev–Trinajstić information content (AvgIpc) is 2.25. The van der Waals surface area contributed by atoms with Crippen molar-refractivity contribution in [3.8, 4) is 0 Å². The van der Waals surface area contributed by atoms with Crippen LogP contribution < -0.4 is 16.8 Å². The van der Waals surface area contributed by atoms with Crippen LogP contribution in [0.2, 0.25) is 0 Å². The van der Waals surface area contributed by atoms with Crippen LogP contribution in [0.4, 0.5) is 17.1 Å². The Kier molecular flexibility index (Phi) is 4.47. The van der Waals surface area contributed by atoms with Crippen LogP contribution in [0.1, 0.15) is 33.6 Å². The second-order valence-electron chi connectivity index (χ2n) is 4.35. The maximum Gasteiger partial charge on any atom is 0.0568 e. The van der Waals surface area contributed by atoms with Gasteiger partial charge in [-0.3, -0.25) is 0 Å². The highest BCUT2D eigenvalue weighted by Gasteiger charge is 2.13. The number of nitrogens with two attached hydrogens (primary N) is 2. The van der Waals surface area contributed by atoms with Crippen molar-refractivity contribution in [1.82, 2.24) is 0 Å². The third-order valence-electron chi connectivity index (χ3n) is 3.24. The molecule has 0 saturated carbocycles. The highest BCUT2D eigenvalue weighted by atomic mass is 14.9. The van der Waals surface area contributed by atoms with E-state index in [4.69, 9.17) is 11.5 Å². The minimum atomic E-state index is 0.457. The van der Waals surface area contributed by atoms with E-state index in [2.05, 4.69) is 26.1 Å². The summed E-state index contributed by atoms with van der Waals surface area (Å²) in [7, 11) is 0. The topological polar surface area (TPSA) is 64.1 Å². The van der Waals surface area contributed by atoms with Crippen LogP contribution in [-0.2, 0) is 0 Å². The van der Waals surface area contributed by atoms with Gasteiger partial charge in [-0.2, -0.15) is 0 Å². The molecule has 1 aromatic carbocycles. The summed E-state index contributed by atoms with van der Waals surface area (Å²) in [4.78, 5) is 0. The van der Waals surface area contributed by atoms with Gasteiger partial charge in [0.05, 0.1) is 11.4 Å². The molecular weight excluding hydrogens is 198 g/mol. The summed E-state index contributed by atoms with van der Waals surface area (Å²) < 4.78 is 0. The lowest BCUT2D eigenvalue weighted by atomic mass is 9.95. The molecular formula is C13H23N3. The highest BCUT2D eigenvalue weighted by Crippen LogP contribution is 2.22. The molecule has 0 fully saturated rings. The molecule has 1 atom stereocenters. The van der Waals surface area contributed by atoms with Crippen molar-refractivity contribution < 1.29 is 0 Å². The Morgan fingerprint density at radius 1 is 1.12 bits per heavy atom. The molecule has 0 bridgehead atoms. The van der Waals surface area contributed by atoms with Crippen LogP contribution in [0.5, 0.6) is 0 Å². The highest BCUT2D eigenvalue weighted by molar-refractivity contribution is 5.69. The monoisotopic (exact) mass is 221 g/mol. The summed E-state index contributed by atoms with van der Waals surface area (Å²) >= 11 is 0. The van der Waals surface area contributed by atoms with E-state index in [0.717, 1.165) is 5.69 Å². The Balaban J connectivity index is 2.69. The molecule has 0 spiro atoms. The summed E-state index contributed by atoms with van der Waals surface area (Å²) in [6.07, 6.45) is 2.38. The molecule has 0 saturated heterocycles. The number of benzene rings is 1. The molecule has 0 aliphatic heterocycles. The van der Waals surface area contributed by atoms with Gasteiger partial charge in [-0.15, -0.1) is 0 Å². The number of hydrogen-bond acceptors (Lipinski definition) is 3. The fourth-order valence-corrected chi connectivity index (χ4v) is 2.04. The van der Waals surface area contributed by atoms with Gasteiger partial charge in [0.1, 0.15) is 0 Å². The van der Waals surface area contributed by atoms with Crippen molar-refractivity contribution in [3.63, 3.8) is 0 Å². The maximum absolute atomic E-state index is 5.77. The number of hydrogen-bond donors (Lipinski definition) is 3. The van der Waals surface area contributed by atoms with Gasteiger partial charge in [0, 0.05) is 11.7 Å². The average molecular weight is 221 g/mol. The Morgan fingerprint density at radius 3 is 2.25 bits per heavy atom. The van der Waals surface area contributed by atoms with Crippen LogP contribution in [-0.4, -0.2) is 6.04 Å². The fourth-order valence-electron chi connectivity index (χ4n) is 2.04. The van der Waals surface area contributed by atoms with Crippen molar-refractivity contribution >= 4 is 17.1 Å². The SMILES string of the molecule is CCC(CC)C(C)Nc1ccc(N)c(N)c1. The van der Waals surface area contributed by atoms with E-state index in [1.165, 1.54) is 12.8 Å². The van der Waals surface area contributed by atoms with Gasteiger partial charge >= 0.3 is 0 Å². The van der Waals surface area contributed by atoms with Crippen LogP contribution in [0, 0.1) is 5.92 Å².